The summed E-state index contributed by atoms with van der Waals surface area (Å²) in [5, 5.41) is 2.93. The monoisotopic (exact) mass is 335 g/mol. The van der Waals surface area contributed by atoms with Gasteiger partial charge in [0.15, 0.2) is 9.84 Å². The molecule has 0 unspecified atom stereocenters. The van der Waals surface area contributed by atoms with E-state index >= 15 is 0 Å². The van der Waals surface area contributed by atoms with Gasteiger partial charge in [-0.1, -0.05) is 0 Å². The predicted octanol–water partition coefficient (Wildman–Crippen LogP) is 0.615. The number of anilines is 1. The van der Waals surface area contributed by atoms with Crippen LogP contribution in [0.2, 0.25) is 0 Å². The number of nitrogens with one attached hydrogen (secondary N) is 2. The number of nitrogens with zero attached hydrogens (tertiary/aromatic N) is 1. The molecule has 0 atom stereocenters. The molecule has 2 N–H and O–H groups in total. The van der Waals surface area contributed by atoms with Crippen LogP contribution in [0.25, 0.3) is 0 Å². The summed E-state index contributed by atoms with van der Waals surface area (Å²) >= 11 is 0. The summed E-state index contributed by atoms with van der Waals surface area (Å²) in [5.74, 6) is 0. The molecule has 1 aromatic heterocycles. The van der Waals surface area contributed by atoms with E-state index in [1.165, 1.54) is 26.2 Å². The number of rotatable bonds is 7. The second-order valence-corrected chi connectivity index (χ2v) is 9.64. The van der Waals surface area contributed by atoms with Crippen molar-refractivity contribution in [3.05, 3.63) is 18.5 Å². The molecule has 21 heavy (non-hydrogen) atoms. The van der Waals surface area contributed by atoms with Crippen molar-refractivity contribution in [2.45, 2.75) is 30.4 Å². The Hall–Kier alpha value is -1.19. The van der Waals surface area contributed by atoms with E-state index in [0.29, 0.717) is 12.2 Å². The summed E-state index contributed by atoms with van der Waals surface area (Å²) in [6, 6.07) is 1.56. The van der Waals surface area contributed by atoms with Crippen LogP contribution in [0.5, 0.6) is 0 Å². The van der Waals surface area contributed by atoms with Gasteiger partial charge in [-0.2, -0.15) is 0 Å². The molecule has 0 aliphatic heterocycles. The fraction of sp³-hybridized carbons (Fsp3) is 0.583. The Balaban J connectivity index is 3.04. The first kappa shape index (κ1) is 17.9. The van der Waals surface area contributed by atoms with Crippen molar-refractivity contribution >= 4 is 25.5 Å². The lowest BCUT2D eigenvalue weighted by Gasteiger charge is -2.23. The Kier molecular flexibility index (Phi) is 5.35. The van der Waals surface area contributed by atoms with Gasteiger partial charge in [0.2, 0.25) is 10.0 Å². The summed E-state index contributed by atoms with van der Waals surface area (Å²) in [6.45, 7) is 5.13. The molecular weight excluding hydrogens is 314 g/mol. The SMILES string of the molecule is CCNc1ccncc1S(=O)(=O)NCC(C)(C)S(C)(=O)=O. The fourth-order valence-electron chi connectivity index (χ4n) is 1.41. The zero-order chi connectivity index (χ0) is 16.3. The van der Waals surface area contributed by atoms with Gasteiger partial charge in [0.25, 0.3) is 0 Å². The maximum absolute atomic E-state index is 12.3. The average molecular weight is 335 g/mol. The van der Waals surface area contributed by atoms with Crippen molar-refractivity contribution < 1.29 is 16.8 Å². The van der Waals surface area contributed by atoms with E-state index in [1.807, 2.05) is 6.92 Å². The number of pyridine rings is 1. The molecule has 0 amide bonds. The first-order valence-electron chi connectivity index (χ1n) is 6.38. The summed E-state index contributed by atoms with van der Waals surface area (Å²) in [6.07, 6.45) is 3.79. The lowest BCUT2D eigenvalue weighted by atomic mass is 10.2. The third-order valence-corrected chi connectivity index (χ3v) is 6.71. The minimum absolute atomic E-state index is 0.00356. The minimum atomic E-state index is -3.85. The Morgan fingerprint density at radius 2 is 1.86 bits per heavy atom. The first-order chi connectivity index (χ1) is 9.51. The van der Waals surface area contributed by atoms with Crippen molar-refractivity contribution in [1.82, 2.24) is 9.71 Å². The van der Waals surface area contributed by atoms with E-state index in [2.05, 4.69) is 15.0 Å². The maximum atomic E-state index is 12.3. The molecule has 0 radical (unpaired) electrons. The predicted molar refractivity (Wildman–Crippen MR) is 82.5 cm³/mol. The lowest BCUT2D eigenvalue weighted by Crippen LogP contribution is -2.43. The summed E-state index contributed by atoms with van der Waals surface area (Å²) < 4.78 is 49.0. The number of aromatic nitrogens is 1. The second kappa shape index (κ2) is 6.29. The summed E-state index contributed by atoms with van der Waals surface area (Å²) in [5.41, 5.74) is 0.428. The largest absolute Gasteiger partial charge is 0.384 e. The molecule has 0 saturated heterocycles. The topological polar surface area (TPSA) is 105 Å². The van der Waals surface area contributed by atoms with E-state index < -0.39 is 24.6 Å². The highest BCUT2D eigenvalue weighted by Gasteiger charge is 2.32. The molecule has 120 valence electrons. The zero-order valence-electron chi connectivity index (χ0n) is 12.5. The van der Waals surface area contributed by atoms with Gasteiger partial charge in [-0.3, -0.25) is 4.98 Å². The van der Waals surface area contributed by atoms with Gasteiger partial charge in [-0.15, -0.1) is 0 Å². The summed E-state index contributed by atoms with van der Waals surface area (Å²) in [7, 11) is -7.23. The molecule has 9 heteroatoms. The van der Waals surface area contributed by atoms with E-state index in [-0.39, 0.29) is 11.4 Å². The van der Waals surface area contributed by atoms with Gasteiger partial charge in [0.05, 0.1) is 10.4 Å². The Morgan fingerprint density at radius 1 is 1.24 bits per heavy atom. The molecule has 0 aliphatic carbocycles. The zero-order valence-corrected chi connectivity index (χ0v) is 14.2. The van der Waals surface area contributed by atoms with E-state index in [0.717, 1.165) is 6.26 Å². The molecule has 1 heterocycles. The Labute approximate surface area is 126 Å². The molecule has 1 rings (SSSR count). The van der Waals surface area contributed by atoms with Crippen LogP contribution in [0, 0.1) is 0 Å². The number of hydrogen-bond donors (Lipinski definition) is 2. The third kappa shape index (κ3) is 4.39. The number of sulfone groups is 1. The Morgan fingerprint density at radius 3 is 2.38 bits per heavy atom. The van der Waals surface area contributed by atoms with Crippen LogP contribution >= 0.6 is 0 Å². The molecule has 0 spiro atoms. The van der Waals surface area contributed by atoms with E-state index in [4.69, 9.17) is 0 Å². The van der Waals surface area contributed by atoms with E-state index in [9.17, 15) is 16.8 Å². The lowest BCUT2D eigenvalue weighted by molar-refractivity contribution is 0.537. The van der Waals surface area contributed by atoms with Gasteiger partial charge < -0.3 is 5.32 Å². The second-order valence-electron chi connectivity index (χ2n) is 5.26. The van der Waals surface area contributed by atoms with Crippen LogP contribution in [0.4, 0.5) is 5.69 Å². The van der Waals surface area contributed by atoms with Crippen molar-refractivity contribution in [2.75, 3.05) is 24.7 Å². The number of hydrogen-bond acceptors (Lipinski definition) is 6. The number of sulfonamides is 1. The van der Waals surface area contributed by atoms with Gasteiger partial charge >= 0.3 is 0 Å². The molecule has 0 aliphatic rings. The van der Waals surface area contributed by atoms with Crippen molar-refractivity contribution in [2.24, 2.45) is 0 Å². The van der Waals surface area contributed by atoms with Gasteiger partial charge in [-0.25, -0.2) is 21.6 Å². The molecule has 7 nitrogen and oxygen atoms in total. The highest BCUT2D eigenvalue weighted by molar-refractivity contribution is 7.92. The first-order valence-corrected chi connectivity index (χ1v) is 9.76. The molecule has 0 fully saturated rings. The highest BCUT2D eigenvalue weighted by atomic mass is 32.2. The van der Waals surface area contributed by atoms with Gasteiger partial charge in [0.1, 0.15) is 4.90 Å². The molecule has 1 aromatic rings. The Bertz CT molecular complexity index is 697. The van der Waals surface area contributed by atoms with Gasteiger partial charge in [0, 0.05) is 31.7 Å². The van der Waals surface area contributed by atoms with Crippen LogP contribution in [0.15, 0.2) is 23.4 Å². The third-order valence-electron chi connectivity index (χ3n) is 3.13. The highest BCUT2D eigenvalue weighted by Crippen LogP contribution is 2.20. The molecule has 0 bridgehead atoms. The smallest absolute Gasteiger partial charge is 0.244 e. The minimum Gasteiger partial charge on any atom is -0.384 e. The normalized spacial score (nSPS) is 13.1. The quantitative estimate of drug-likeness (QED) is 0.756. The van der Waals surface area contributed by atoms with E-state index in [1.54, 1.807) is 6.07 Å². The average Bonchev–Trinajstić information content (AvgIpc) is 2.36. The molecular formula is C12H21N3O4S2. The fourth-order valence-corrected chi connectivity index (χ4v) is 3.17. The summed E-state index contributed by atoms with van der Waals surface area (Å²) in [4.78, 5) is 3.81. The van der Waals surface area contributed by atoms with Crippen molar-refractivity contribution in [3.8, 4) is 0 Å². The van der Waals surface area contributed by atoms with Crippen molar-refractivity contribution in [1.29, 1.82) is 0 Å². The van der Waals surface area contributed by atoms with Crippen molar-refractivity contribution in [3.63, 3.8) is 0 Å². The van der Waals surface area contributed by atoms with Crippen LogP contribution in [-0.2, 0) is 19.9 Å². The standard InChI is InChI=1S/C12H21N3O4S2/c1-5-14-10-6-7-13-8-11(10)21(18,19)15-9-12(2,3)20(4,16)17/h6-8,15H,5,9H2,1-4H3,(H,13,14). The van der Waals surface area contributed by atoms with Crippen LogP contribution in [0.3, 0.4) is 0 Å². The van der Waals surface area contributed by atoms with Crippen LogP contribution in [0.1, 0.15) is 20.8 Å². The maximum Gasteiger partial charge on any atom is 0.244 e. The van der Waals surface area contributed by atoms with Crippen LogP contribution in [-0.4, -0.2) is 45.9 Å². The molecule has 0 aromatic carbocycles. The molecule has 0 saturated carbocycles. The van der Waals surface area contributed by atoms with Crippen LogP contribution < -0.4 is 10.0 Å². The van der Waals surface area contributed by atoms with Gasteiger partial charge in [-0.05, 0) is 26.8 Å².